The molecule has 0 aliphatic heterocycles. The molecular formula is C11H8BrClFN3O. The molecule has 0 fully saturated rings. The van der Waals surface area contributed by atoms with Gasteiger partial charge in [-0.05, 0) is 28.1 Å². The molecule has 2 aromatic rings. The maximum Gasteiger partial charge on any atom is 0.223 e. The van der Waals surface area contributed by atoms with E-state index in [0.29, 0.717) is 10.2 Å². The summed E-state index contributed by atoms with van der Waals surface area (Å²) < 4.78 is 19.4. The summed E-state index contributed by atoms with van der Waals surface area (Å²) in [5.74, 6) is -0.315. The first-order valence-electron chi connectivity index (χ1n) is 4.85. The Morgan fingerprint density at radius 1 is 1.39 bits per heavy atom. The Labute approximate surface area is 116 Å². The van der Waals surface area contributed by atoms with Gasteiger partial charge in [-0.15, -0.1) is 0 Å². The van der Waals surface area contributed by atoms with Crippen LogP contribution in [-0.4, -0.2) is 17.1 Å². The summed E-state index contributed by atoms with van der Waals surface area (Å²) >= 11 is 8.96. The summed E-state index contributed by atoms with van der Waals surface area (Å²) in [6.45, 7) is 0. The Balaban J connectivity index is 2.62. The number of hydrogen-bond donors (Lipinski definition) is 1. The smallest absolute Gasteiger partial charge is 0.223 e. The molecule has 18 heavy (non-hydrogen) atoms. The average molecular weight is 333 g/mol. The number of benzene rings is 1. The first-order valence-corrected chi connectivity index (χ1v) is 6.02. The number of hydrogen-bond acceptors (Lipinski definition) is 4. The van der Waals surface area contributed by atoms with Crippen LogP contribution in [0, 0.1) is 5.82 Å². The van der Waals surface area contributed by atoms with Crippen LogP contribution < -0.4 is 10.5 Å². The molecule has 2 N–H and O–H groups in total. The zero-order chi connectivity index (χ0) is 13.3. The van der Waals surface area contributed by atoms with Gasteiger partial charge < -0.3 is 10.5 Å². The van der Waals surface area contributed by atoms with Crippen LogP contribution in [0.3, 0.4) is 0 Å². The number of methoxy groups -OCH3 is 1. The van der Waals surface area contributed by atoms with Crippen molar-refractivity contribution in [2.75, 3.05) is 12.8 Å². The molecule has 4 nitrogen and oxygen atoms in total. The van der Waals surface area contributed by atoms with E-state index in [0.717, 1.165) is 0 Å². The molecule has 0 spiro atoms. The molecule has 1 aromatic heterocycles. The SMILES string of the molecule is COc1cc(-c2ccc(Br)c(Cl)c2F)nc(N)n1. The van der Waals surface area contributed by atoms with Crippen LogP contribution >= 0.6 is 27.5 Å². The normalized spacial score (nSPS) is 10.4. The zero-order valence-electron chi connectivity index (χ0n) is 9.25. The average Bonchev–Trinajstić information content (AvgIpc) is 2.35. The predicted molar refractivity (Wildman–Crippen MR) is 71.1 cm³/mol. The fourth-order valence-electron chi connectivity index (χ4n) is 1.41. The molecular weight excluding hydrogens is 324 g/mol. The van der Waals surface area contributed by atoms with Crippen molar-refractivity contribution >= 4 is 33.5 Å². The van der Waals surface area contributed by atoms with Crippen molar-refractivity contribution in [2.24, 2.45) is 0 Å². The number of rotatable bonds is 2. The van der Waals surface area contributed by atoms with E-state index in [-0.39, 0.29) is 22.4 Å². The van der Waals surface area contributed by atoms with Crippen molar-refractivity contribution in [2.45, 2.75) is 0 Å². The van der Waals surface area contributed by atoms with Gasteiger partial charge >= 0.3 is 0 Å². The molecule has 0 amide bonds. The highest BCUT2D eigenvalue weighted by Gasteiger charge is 2.14. The van der Waals surface area contributed by atoms with Crippen molar-refractivity contribution in [1.29, 1.82) is 0 Å². The van der Waals surface area contributed by atoms with Gasteiger partial charge in [0.1, 0.15) is 0 Å². The summed E-state index contributed by atoms with van der Waals surface area (Å²) in [4.78, 5) is 7.78. The minimum atomic E-state index is -0.578. The summed E-state index contributed by atoms with van der Waals surface area (Å²) in [6, 6.07) is 4.66. The Hall–Kier alpha value is -1.40. The molecule has 0 saturated carbocycles. The standard InChI is InChI=1S/C11H8BrClFN3O/c1-18-8-4-7(16-11(15)17-8)5-2-3-6(12)9(13)10(5)14/h2-4H,1H3,(H2,15,16,17). The van der Waals surface area contributed by atoms with E-state index in [4.69, 9.17) is 22.1 Å². The number of nitrogens with zero attached hydrogens (tertiary/aromatic N) is 2. The number of nitrogen functional groups attached to an aromatic ring is 1. The van der Waals surface area contributed by atoms with Gasteiger partial charge in [-0.2, -0.15) is 4.98 Å². The molecule has 0 unspecified atom stereocenters. The van der Waals surface area contributed by atoms with Gasteiger partial charge in [-0.25, -0.2) is 9.37 Å². The molecule has 0 aliphatic rings. The van der Waals surface area contributed by atoms with Crippen molar-refractivity contribution in [1.82, 2.24) is 9.97 Å². The van der Waals surface area contributed by atoms with Gasteiger partial charge in [0, 0.05) is 16.1 Å². The van der Waals surface area contributed by atoms with E-state index in [9.17, 15) is 4.39 Å². The van der Waals surface area contributed by atoms with Crippen molar-refractivity contribution in [3.8, 4) is 17.1 Å². The third kappa shape index (κ3) is 2.39. The third-order valence-electron chi connectivity index (χ3n) is 2.24. The fourth-order valence-corrected chi connectivity index (χ4v) is 1.88. The van der Waals surface area contributed by atoms with Crippen molar-refractivity contribution in [3.63, 3.8) is 0 Å². The number of aromatic nitrogens is 2. The molecule has 94 valence electrons. The molecule has 1 aromatic carbocycles. The van der Waals surface area contributed by atoms with Gasteiger partial charge in [-0.1, -0.05) is 11.6 Å². The monoisotopic (exact) mass is 331 g/mol. The van der Waals surface area contributed by atoms with Crippen LogP contribution in [-0.2, 0) is 0 Å². The number of nitrogens with two attached hydrogens (primary N) is 1. The first-order chi connectivity index (χ1) is 8.52. The Morgan fingerprint density at radius 3 is 2.78 bits per heavy atom. The minimum Gasteiger partial charge on any atom is -0.481 e. The Bertz CT molecular complexity index is 609. The van der Waals surface area contributed by atoms with Crippen LogP contribution in [0.2, 0.25) is 5.02 Å². The molecule has 2 rings (SSSR count). The summed E-state index contributed by atoms with van der Waals surface area (Å²) in [5, 5.41) is -0.0105. The molecule has 7 heteroatoms. The Kier molecular flexibility index (Phi) is 3.68. The lowest BCUT2D eigenvalue weighted by Crippen LogP contribution is -2.00. The van der Waals surface area contributed by atoms with Gasteiger partial charge in [0.05, 0.1) is 17.8 Å². The van der Waals surface area contributed by atoms with E-state index in [1.807, 2.05) is 0 Å². The van der Waals surface area contributed by atoms with Gasteiger partial charge in [-0.3, -0.25) is 0 Å². The van der Waals surface area contributed by atoms with Crippen LogP contribution in [0.15, 0.2) is 22.7 Å². The maximum absolute atomic E-state index is 14.0. The van der Waals surface area contributed by atoms with E-state index in [1.54, 1.807) is 12.1 Å². The second-order valence-corrected chi connectivity index (χ2v) is 4.61. The highest BCUT2D eigenvalue weighted by molar-refractivity contribution is 9.10. The Morgan fingerprint density at radius 2 is 2.11 bits per heavy atom. The molecule has 0 saturated heterocycles. The number of halogens is 3. The molecule has 0 bridgehead atoms. The van der Waals surface area contributed by atoms with Crippen LogP contribution in [0.1, 0.15) is 0 Å². The first kappa shape index (κ1) is 13.0. The van der Waals surface area contributed by atoms with Crippen LogP contribution in [0.4, 0.5) is 10.3 Å². The van der Waals surface area contributed by atoms with Gasteiger partial charge in [0.25, 0.3) is 0 Å². The second kappa shape index (κ2) is 5.07. The largest absolute Gasteiger partial charge is 0.481 e. The summed E-state index contributed by atoms with van der Waals surface area (Å²) in [7, 11) is 1.44. The maximum atomic E-state index is 14.0. The lowest BCUT2D eigenvalue weighted by Gasteiger charge is -2.07. The van der Waals surface area contributed by atoms with E-state index in [1.165, 1.54) is 13.2 Å². The molecule has 0 radical (unpaired) electrons. The second-order valence-electron chi connectivity index (χ2n) is 3.38. The highest BCUT2D eigenvalue weighted by atomic mass is 79.9. The quantitative estimate of drug-likeness (QED) is 0.857. The molecule has 0 atom stereocenters. The fraction of sp³-hybridized carbons (Fsp3) is 0.0909. The minimum absolute atomic E-state index is 0.00258. The van der Waals surface area contributed by atoms with Gasteiger partial charge in [0.15, 0.2) is 5.82 Å². The predicted octanol–water partition coefficient (Wildman–Crippen LogP) is 3.29. The molecule has 1 heterocycles. The number of ether oxygens (including phenoxy) is 1. The van der Waals surface area contributed by atoms with E-state index < -0.39 is 5.82 Å². The topological polar surface area (TPSA) is 61.0 Å². The van der Waals surface area contributed by atoms with Crippen LogP contribution in [0.5, 0.6) is 5.88 Å². The third-order valence-corrected chi connectivity index (χ3v) is 3.50. The number of anilines is 1. The van der Waals surface area contributed by atoms with E-state index >= 15 is 0 Å². The van der Waals surface area contributed by atoms with E-state index in [2.05, 4.69) is 25.9 Å². The van der Waals surface area contributed by atoms with Gasteiger partial charge in [0.2, 0.25) is 11.8 Å². The van der Waals surface area contributed by atoms with Crippen molar-refractivity contribution in [3.05, 3.63) is 33.5 Å². The summed E-state index contributed by atoms with van der Waals surface area (Å²) in [6.07, 6.45) is 0. The lowest BCUT2D eigenvalue weighted by molar-refractivity contribution is 0.398. The lowest BCUT2D eigenvalue weighted by atomic mass is 10.1. The van der Waals surface area contributed by atoms with Crippen molar-refractivity contribution < 1.29 is 9.13 Å². The highest BCUT2D eigenvalue weighted by Crippen LogP contribution is 2.33. The summed E-state index contributed by atoms with van der Waals surface area (Å²) in [5.41, 5.74) is 6.07. The van der Waals surface area contributed by atoms with Crippen LogP contribution in [0.25, 0.3) is 11.3 Å². The zero-order valence-corrected chi connectivity index (χ0v) is 11.6. The molecule has 0 aliphatic carbocycles.